The Morgan fingerprint density at radius 3 is 2.83 bits per heavy atom. The third-order valence-corrected chi connectivity index (χ3v) is 5.49. The quantitative estimate of drug-likeness (QED) is 0.925. The minimum Gasteiger partial charge on any atom is -0.309 e. The van der Waals surface area contributed by atoms with Crippen LogP contribution in [0.15, 0.2) is 10.7 Å². The Bertz CT molecular complexity index is 409. The minimum atomic E-state index is 0.465. The molecule has 0 saturated heterocycles. The monoisotopic (exact) mass is 311 g/mol. The van der Waals surface area contributed by atoms with Crippen LogP contribution in [0.25, 0.3) is 0 Å². The fraction of sp³-hybridized carbons (Fsp3) is 0.786. The zero-order chi connectivity index (χ0) is 12.7. The number of rotatable bonds is 4. The smallest absolute Gasteiger partial charge is 0.0695 e. The van der Waals surface area contributed by atoms with E-state index in [4.69, 9.17) is 0 Å². The van der Waals surface area contributed by atoms with Gasteiger partial charge in [-0.2, -0.15) is 5.10 Å². The number of nitrogens with zero attached hydrogens (tertiary/aromatic N) is 2. The van der Waals surface area contributed by atoms with Gasteiger partial charge in [0.2, 0.25) is 0 Å². The van der Waals surface area contributed by atoms with Gasteiger partial charge < -0.3 is 5.32 Å². The fourth-order valence-corrected chi connectivity index (χ4v) is 4.74. The summed E-state index contributed by atoms with van der Waals surface area (Å²) in [5, 5.41) is 8.09. The Hall–Kier alpha value is -0.350. The maximum Gasteiger partial charge on any atom is 0.0695 e. The molecule has 1 heterocycles. The Balaban J connectivity index is 1.88. The van der Waals surface area contributed by atoms with Gasteiger partial charge in [0.25, 0.3) is 0 Å². The molecule has 100 valence electrons. The van der Waals surface area contributed by atoms with Crippen LogP contribution in [0.4, 0.5) is 0 Å². The van der Waals surface area contributed by atoms with Crippen molar-refractivity contribution in [2.24, 2.45) is 24.8 Å². The first kappa shape index (κ1) is 12.7. The number of aryl methyl sites for hydroxylation is 1. The molecule has 4 heteroatoms. The highest BCUT2D eigenvalue weighted by atomic mass is 79.9. The zero-order valence-electron chi connectivity index (χ0n) is 11.2. The van der Waals surface area contributed by atoms with E-state index in [2.05, 4.69) is 40.3 Å². The van der Waals surface area contributed by atoms with Crippen molar-refractivity contribution in [2.75, 3.05) is 6.54 Å². The van der Waals surface area contributed by atoms with Gasteiger partial charge in [-0.15, -0.1) is 0 Å². The van der Waals surface area contributed by atoms with Crippen molar-refractivity contribution in [3.05, 3.63) is 16.4 Å². The molecule has 2 bridgehead atoms. The summed E-state index contributed by atoms with van der Waals surface area (Å²) >= 11 is 3.66. The lowest BCUT2D eigenvalue weighted by Gasteiger charge is -2.31. The van der Waals surface area contributed by atoms with E-state index in [0.29, 0.717) is 6.04 Å². The maximum atomic E-state index is 4.38. The van der Waals surface area contributed by atoms with Crippen LogP contribution in [0.5, 0.6) is 0 Å². The standard InChI is InChI=1S/C14H22BrN3/c1-3-16-13(14-12(15)8-17-18(14)2)11-7-9-4-5-10(11)6-9/h8-11,13,16H,3-7H2,1-2H3. The Morgan fingerprint density at radius 1 is 1.50 bits per heavy atom. The van der Waals surface area contributed by atoms with E-state index in [0.717, 1.165) is 28.8 Å². The van der Waals surface area contributed by atoms with Gasteiger partial charge in [0.05, 0.1) is 22.4 Å². The molecule has 3 nitrogen and oxygen atoms in total. The van der Waals surface area contributed by atoms with E-state index < -0.39 is 0 Å². The number of aromatic nitrogens is 2. The van der Waals surface area contributed by atoms with E-state index in [1.165, 1.54) is 31.4 Å². The normalized spacial score (nSPS) is 32.1. The lowest BCUT2D eigenvalue weighted by atomic mass is 9.82. The summed E-state index contributed by atoms with van der Waals surface area (Å²) in [6.07, 6.45) is 7.69. The molecule has 2 saturated carbocycles. The van der Waals surface area contributed by atoms with Gasteiger partial charge in [0, 0.05) is 7.05 Å². The van der Waals surface area contributed by atoms with Crippen LogP contribution in [-0.4, -0.2) is 16.3 Å². The third kappa shape index (κ3) is 2.03. The first-order valence-electron chi connectivity index (χ1n) is 7.11. The predicted octanol–water partition coefficient (Wildman–Crippen LogP) is 3.27. The largest absolute Gasteiger partial charge is 0.309 e. The predicted molar refractivity (Wildman–Crippen MR) is 76.3 cm³/mol. The molecule has 4 atom stereocenters. The van der Waals surface area contributed by atoms with Gasteiger partial charge >= 0.3 is 0 Å². The third-order valence-electron chi connectivity index (χ3n) is 4.88. The molecule has 0 aromatic carbocycles. The summed E-state index contributed by atoms with van der Waals surface area (Å²) in [7, 11) is 2.05. The number of nitrogens with one attached hydrogen (secondary N) is 1. The molecular formula is C14H22BrN3. The van der Waals surface area contributed by atoms with Gasteiger partial charge in [-0.05, 0) is 59.5 Å². The highest BCUT2D eigenvalue weighted by molar-refractivity contribution is 9.10. The zero-order valence-corrected chi connectivity index (χ0v) is 12.8. The highest BCUT2D eigenvalue weighted by Crippen LogP contribution is 2.53. The summed E-state index contributed by atoms with van der Waals surface area (Å²) in [6, 6.07) is 0.465. The number of hydrogen-bond acceptors (Lipinski definition) is 2. The second kappa shape index (κ2) is 4.97. The molecule has 0 spiro atoms. The highest BCUT2D eigenvalue weighted by Gasteiger charge is 2.44. The minimum absolute atomic E-state index is 0.465. The summed E-state index contributed by atoms with van der Waals surface area (Å²) in [4.78, 5) is 0. The molecule has 1 N–H and O–H groups in total. The second-order valence-corrected chi connectivity index (χ2v) is 6.73. The van der Waals surface area contributed by atoms with Crippen molar-refractivity contribution in [2.45, 2.75) is 38.6 Å². The Labute approximate surface area is 117 Å². The van der Waals surface area contributed by atoms with Gasteiger partial charge in [0.1, 0.15) is 0 Å². The number of halogens is 1. The molecule has 18 heavy (non-hydrogen) atoms. The Kier molecular flexibility index (Phi) is 3.50. The van der Waals surface area contributed by atoms with Crippen molar-refractivity contribution in [1.29, 1.82) is 0 Å². The van der Waals surface area contributed by atoms with Crippen LogP contribution in [-0.2, 0) is 7.05 Å². The molecule has 0 amide bonds. The summed E-state index contributed by atoms with van der Waals surface area (Å²) in [6.45, 7) is 3.22. The van der Waals surface area contributed by atoms with Crippen LogP contribution in [0.2, 0.25) is 0 Å². The van der Waals surface area contributed by atoms with Crippen LogP contribution >= 0.6 is 15.9 Å². The van der Waals surface area contributed by atoms with Crippen LogP contribution < -0.4 is 5.32 Å². The molecule has 2 fully saturated rings. The van der Waals surface area contributed by atoms with Crippen molar-refractivity contribution < 1.29 is 0 Å². The molecular weight excluding hydrogens is 290 g/mol. The van der Waals surface area contributed by atoms with Gasteiger partial charge in [-0.25, -0.2) is 0 Å². The van der Waals surface area contributed by atoms with Gasteiger partial charge in [-0.1, -0.05) is 13.3 Å². The van der Waals surface area contributed by atoms with Gasteiger partial charge in [-0.3, -0.25) is 4.68 Å². The topological polar surface area (TPSA) is 29.9 Å². The molecule has 1 aromatic rings. The van der Waals surface area contributed by atoms with E-state index in [1.54, 1.807) is 0 Å². The molecule has 0 aliphatic heterocycles. The van der Waals surface area contributed by atoms with Crippen LogP contribution in [0.1, 0.15) is 44.3 Å². The average Bonchev–Trinajstić information content (AvgIpc) is 3.04. The van der Waals surface area contributed by atoms with Crippen molar-refractivity contribution in [3.63, 3.8) is 0 Å². The molecule has 2 aliphatic rings. The summed E-state index contributed by atoms with van der Waals surface area (Å²) in [5.74, 6) is 2.73. The van der Waals surface area contributed by atoms with E-state index >= 15 is 0 Å². The van der Waals surface area contributed by atoms with Crippen molar-refractivity contribution >= 4 is 15.9 Å². The van der Waals surface area contributed by atoms with E-state index in [-0.39, 0.29) is 0 Å². The Morgan fingerprint density at radius 2 is 2.33 bits per heavy atom. The van der Waals surface area contributed by atoms with Crippen LogP contribution in [0.3, 0.4) is 0 Å². The summed E-state index contributed by atoms with van der Waals surface area (Å²) in [5.41, 5.74) is 1.33. The summed E-state index contributed by atoms with van der Waals surface area (Å²) < 4.78 is 3.18. The number of hydrogen-bond donors (Lipinski definition) is 1. The van der Waals surface area contributed by atoms with E-state index in [9.17, 15) is 0 Å². The molecule has 4 unspecified atom stereocenters. The molecule has 2 aliphatic carbocycles. The average molecular weight is 312 g/mol. The SMILES string of the molecule is CCNC(c1c(Br)cnn1C)C1CC2CCC1C2. The lowest BCUT2D eigenvalue weighted by Crippen LogP contribution is -2.33. The van der Waals surface area contributed by atoms with Crippen molar-refractivity contribution in [3.8, 4) is 0 Å². The second-order valence-electron chi connectivity index (χ2n) is 5.88. The lowest BCUT2D eigenvalue weighted by molar-refractivity contribution is 0.244. The van der Waals surface area contributed by atoms with Crippen LogP contribution in [0, 0.1) is 17.8 Å². The first-order valence-corrected chi connectivity index (χ1v) is 7.90. The van der Waals surface area contributed by atoms with Gasteiger partial charge in [0.15, 0.2) is 0 Å². The molecule has 0 radical (unpaired) electrons. The fourth-order valence-electron chi connectivity index (χ4n) is 4.14. The maximum absolute atomic E-state index is 4.38. The number of fused-ring (bicyclic) bond motifs is 2. The van der Waals surface area contributed by atoms with E-state index in [1.807, 2.05) is 10.9 Å². The first-order chi connectivity index (χ1) is 8.70. The molecule has 3 rings (SSSR count). The van der Waals surface area contributed by atoms with Crippen molar-refractivity contribution in [1.82, 2.24) is 15.1 Å². The molecule has 1 aromatic heterocycles.